The van der Waals surface area contributed by atoms with Crippen molar-refractivity contribution in [2.45, 2.75) is 24.8 Å². The third-order valence-corrected chi connectivity index (χ3v) is 8.22. The SMILES string of the molecule is Cc1ccc(C)c(NC(=O)[C@H](c2ccccc2)N2CCN(S(=O)(=O)c3cccc(Cl)c3)CC2)c1. The lowest BCUT2D eigenvalue weighted by molar-refractivity contribution is -0.122. The predicted octanol–water partition coefficient (Wildman–Crippen LogP) is 4.64. The van der Waals surface area contributed by atoms with Crippen molar-refractivity contribution in [3.8, 4) is 0 Å². The largest absolute Gasteiger partial charge is 0.324 e. The number of piperazine rings is 1. The average molecular weight is 498 g/mol. The second-order valence-corrected chi connectivity index (χ2v) is 10.9. The maximum absolute atomic E-state index is 13.5. The van der Waals surface area contributed by atoms with E-state index < -0.39 is 16.1 Å². The fourth-order valence-electron chi connectivity index (χ4n) is 4.21. The average Bonchev–Trinajstić information content (AvgIpc) is 2.83. The molecular weight excluding hydrogens is 470 g/mol. The Morgan fingerprint density at radius 1 is 0.912 bits per heavy atom. The van der Waals surface area contributed by atoms with Crippen molar-refractivity contribution in [3.05, 3.63) is 94.5 Å². The van der Waals surface area contributed by atoms with Gasteiger partial charge in [0.25, 0.3) is 0 Å². The van der Waals surface area contributed by atoms with Gasteiger partial charge in [0, 0.05) is 36.9 Å². The first kappa shape index (κ1) is 24.4. The molecule has 0 saturated carbocycles. The second-order valence-electron chi connectivity index (χ2n) is 8.52. The van der Waals surface area contributed by atoms with Gasteiger partial charge >= 0.3 is 0 Å². The monoisotopic (exact) mass is 497 g/mol. The highest BCUT2D eigenvalue weighted by Crippen LogP contribution is 2.27. The summed E-state index contributed by atoms with van der Waals surface area (Å²) in [6.07, 6.45) is 0. The predicted molar refractivity (Wildman–Crippen MR) is 136 cm³/mol. The molecule has 3 aromatic carbocycles. The fourth-order valence-corrected chi connectivity index (χ4v) is 5.94. The third-order valence-electron chi connectivity index (χ3n) is 6.09. The van der Waals surface area contributed by atoms with E-state index in [2.05, 4.69) is 5.32 Å². The number of hydrogen-bond donors (Lipinski definition) is 1. The lowest BCUT2D eigenvalue weighted by atomic mass is 10.0. The summed E-state index contributed by atoms with van der Waals surface area (Å²) in [6.45, 7) is 5.39. The van der Waals surface area contributed by atoms with Crippen LogP contribution in [0.15, 0.2) is 77.7 Å². The van der Waals surface area contributed by atoms with E-state index in [1.807, 2.05) is 67.3 Å². The Labute approximate surface area is 206 Å². The van der Waals surface area contributed by atoms with Crippen LogP contribution in [-0.2, 0) is 14.8 Å². The maximum atomic E-state index is 13.5. The maximum Gasteiger partial charge on any atom is 0.246 e. The highest BCUT2D eigenvalue weighted by atomic mass is 35.5. The van der Waals surface area contributed by atoms with Crippen LogP contribution in [0.1, 0.15) is 22.7 Å². The molecule has 6 nitrogen and oxygen atoms in total. The van der Waals surface area contributed by atoms with Crippen molar-refractivity contribution in [3.63, 3.8) is 0 Å². The molecule has 1 heterocycles. The Bertz CT molecular complexity index is 1270. The van der Waals surface area contributed by atoms with E-state index in [1.165, 1.54) is 10.4 Å². The van der Waals surface area contributed by atoms with Crippen LogP contribution in [0, 0.1) is 13.8 Å². The number of sulfonamides is 1. The second kappa shape index (κ2) is 10.3. The van der Waals surface area contributed by atoms with Crippen LogP contribution in [0.2, 0.25) is 5.02 Å². The van der Waals surface area contributed by atoms with Gasteiger partial charge in [-0.1, -0.05) is 60.1 Å². The lowest BCUT2D eigenvalue weighted by Gasteiger charge is -2.38. The molecule has 1 N–H and O–H groups in total. The van der Waals surface area contributed by atoms with Crippen LogP contribution in [0.5, 0.6) is 0 Å². The summed E-state index contributed by atoms with van der Waals surface area (Å²) < 4.78 is 27.7. The van der Waals surface area contributed by atoms with E-state index in [0.29, 0.717) is 18.1 Å². The number of hydrogen-bond acceptors (Lipinski definition) is 4. The minimum absolute atomic E-state index is 0.133. The molecule has 0 unspecified atom stereocenters. The highest BCUT2D eigenvalue weighted by Gasteiger charge is 2.34. The van der Waals surface area contributed by atoms with Crippen molar-refractivity contribution in [2.24, 2.45) is 0 Å². The summed E-state index contributed by atoms with van der Waals surface area (Å²) in [5.41, 5.74) is 3.71. The van der Waals surface area contributed by atoms with E-state index >= 15 is 0 Å². The van der Waals surface area contributed by atoms with Gasteiger partial charge in [-0.25, -0.2) is 8.42 Å². The van der Waals surface area contributed by atoms with Crippen molar-refractivity contribution in [1.29, 1.82) is 0 Å². The number of nitrogens with zero attached hydrogens (tertiary/aromatic N) is 2. The van der Waals surface area contributed by atoms with Crippen LogP contribution in [0.3, 0.4) is 0 Å². The number of nitrogens with one attached hydrogen (secondary N) is 1. The molecule has 1 aliphatic rings. The Morgan fingerprint density at radius 3 is 2.29 bits per heavy atom. The van der Waals surface area contributed by atoms with Gasteiger partial charge in [0.15, 0.2) is 0 Å². The Hall–Kier alpha value is -2.71. The minimum Gasteiger partial charge on any atom is -0.324 e. The minimum atomic E-state index is -3.66. The van der Waals surface area contributed by atoms with Gasteiger partial charge in [0.1, 0.15) is 6.04 Å². The number of carbonyl (C=O) groups excluding carboxylic acids is 1. The molecule has 8 heteroatoms. The number of aryl methyl sites for hydroxylation is 2. The molecule has 178 valence electrons. The van der Waals surface area contributed by atoms with E-state index in [4.69, 9.17) is 11.6 Å². The van der Waals surface area contributed by atoms with Crippen LogP contribution < -0.4 is 5.32 Å². The van der Waals surface area contributed by atoms with Crippen molar-refractivity contribution in [2.75, 3.05) is 31.5 Å². The third kappa shape index (κ3) is 5.33. The number of amides is 1. The molecule has 1 aliphatic heterocycles. The summed E-state index contributed by atoms with van der Waals surface area (Å²) in [7, 11) is -3.66. The van der Waals surface area contributed by atoms with Crippen LogP contribution in [-0.4, -0.2) is 49.7 Å². The normalized spacial score (nSPS) is 16.2. The molecular formula is C26H28ClN3O3S. The molecule has 1 saturated heterocycles. The van der Waals surface area contributed by atoms with Crippen LogP contribution in [0.4, 0.5) is 5.69 Å². The molecule has 1 atom stereocenters. The zero-order valence-corrected chi connectivity index (χ0v) is 20.8. The molecule has 0 aliphatic carbocycles. The van der Waals surface area contributed by atoms with E-state index in [1.54, 1.807) is 18.2 Å². The van der Waals surface area contributed by atoms with Crippen LogP contribution in [0.25, 0.3) is 0 Å². The van der Waals surface area contributed by atoms with Gasteiger partial charge in [0.05, 0.1) is 4.90 Å². The number of anilines is 1. The van der Waals surface area contributed by atoms with Gasteiger partial charge in [-0.05, 0) is 54.8 Å². The number of benzene rings is 3. The van der Waals surface area contributed by atoms with Gasteiger partial charge in [-0.2, -0.15) is 4.31 Å². The Balaban J connectivity index is 1.54. The molecule has 3 aromatic rings. The van der Waals surface area contributed by atoms with Crippen molar-refractivity contribution >= 4 is 33.2 Å². The smallest absolute Gasteiger partial charge is 0.246 e. The number of rotatable bonds is 6. The molecule has 0 bridgehead atoms. The van der Waals surface area contributed by atoms with Crippen LogP contribution >= 0.6 is 11.6 Å². The van der Waals surface area contributed by atoms with Gasteiger partial charge in [-0.15, -0.1) is 0 Å². The quantitative estimate of drug-likeness (QED) is 0.538. The molecule has 1 fully saturated rings. The van der Waals surface area contributed by atoms with E-state index in [0.717, 1.165) is 22.4 Å². The van der Waals surface area contributed by atoms with Crippen molar-refractivity contribution < 1.29 is 13.2 Å². The molecule has 0 aromatic heterocycles. The number of carbonyl (C=O) groups is 1. The Kier molecular flexibility index (Phi) is 7.38. The molecule has 0 radical (unpaired) electrons. The number of halogens is 1. The summed E-state index contributed by atoms with van der Waals surface area (Å²) in [4.78, 5) is 15.7. The Morgan fingerprint density at radius 2 is 1.62 bits per heavy atom. The summed E-state index contributed by atoms with van der Waals surface area (Å²) in [6, 6.07) is 21.3. The first-order chi connectivity index (χ1) is 16.3. The van der Waals surface area contributed by atoms with Gasteiger partial charge < -0.3 is 5.32 Å². The first-order valence-corrected chi connectivity index (χ1v) is 13.0. The molecule has 1 amide bonds. The van der Waals surface area contributed by atoms with Gasteiger partial charge in [0.2, 0.25) is 15.9 Å². The van der Waals surface area contributed by atoms with Gasteiger partial charge in [-0.3, -0.25) is 9.69 Å². The van der Waals surface area contributed by atoms with Crippen molar-refractivity contribution in [1.82, 2.24) is 9.21 Å². The topological polar surface area (TPSA) is 69.7 Å². The summed E-state index contributed by atoms with van der Waals surface area (Å²) in [5.74, 6) is -0.133. The molecule has 0 spiro atoms. The lowest BCUT2D eigenvalue weighted by Crippen LogP contribution is -2.51. The zero-order valence-electron chi connectivity index (χ0n) is 19.2. The summed E-state index contributed by atoms with van der Waals surface area (Å²) >= 11 is 6.01. The van der Waals surface area contributed by atoms with E-state index in [-0.39, 0.29) is 23.9 Å². The van der Waals surface area contributed by atoms with E-state index in [9.17, 15) is 13.2 Å². The molecule has 34 heavy (non-hydrogen) atoms. The standard InChI is InChI=1S/C26H28ClN3O3S/c1-19-11-12-20(2)24(17-19)28-26(31)25(21-7-4-3-5-8-21)29-13-15-30(16-14-29)34(32,33)23-10-6-9-22(27)18-23/h3-12,17-18,25H,13-16H2,1-2H3,(H,28,31)/t25-/m0/s1. The summed E-state index contributed by atoms with van der Waals surface area (Å²) in [5, 5.41) is 3.47. The molecule has 4 rings (SSSR count). The first-order valence-electron chi connectivity index (χ1n) is 11.2. The highest BCUT2D eigenvalue weighted by molar-refractivity contribution is 7.89. The zero-order chi connectivity index (χ0) is 24.3. The fraction of sp³-hybridized carbons (Fsp3) is 0.269.